The Labute approximate surface area is 122 Å². The van der Waals surface area contributed by atoms with Gasteiger partial charge in [0.2, 0.25) is 0 Å². The minimum atomic E-state index is 0.919. The highest BCUT2D eigenvalue weighted by Gasteiger charge is 2.00. The van der Waals surface area contributed by atoms with E-state index in [9.17, 15) is 0 Å². The molecule has 0 N–H and O–H groups in total. The van der Waals surface area contributed by atoms with Gasteiger partial charge in [0, 0.05) is 0 Å². The van der Waals surface area contributed by atoms with Gasteiger partial charge in [0.1, 0.15) is 10.8 Å². The number of aromatic nitrogens is 1. The highest BCUT2D eigenvalue weighted by Crippen LogP contribution is 2.24. The third kappa shape index (κ3) is 2.58. The lowest BCUT2D eigenvalue weighted by molar-refractivity contribution is 0.411. The number of ether oxygens (including phenoxy) is 1. The van der Waals surface area contributed by atoms with Gasteiger partial charge in [-0.15, -0.1) is 11.3 Å². The number of methoxy groups -OCH3 is 1. The molecule has 100 valence electrons. The van der Waals surface area contributed by atoms with Gasteiger partial charge in [-0.05, 0) is 48.4 Å². The van der Waals surface area contributed by atoms with Crippen LogP contribution in [-0.4, -0.2) is 12.1 Å². The molecular formula is C17H15NOS. The molecule has 3 heteroatoms. The number of thiazole rings is 1. The monoisotopic (exact) mass is 281 g/mol. The molecule has 20 heavy (non-hydrogen) atoms. The van der Waals surface area contributed by atoms with Crippen molar-refractivity contribution in [2.75, 3.05) is 7.11 Å². The average molecular weight is 281 g/mol. The van der Waals surface area contributed by atoms with Crippen molar-refractivity contribution in [3.8, 4) is 5.75 Å². The number of para-hydroxylation sites is 1. The summed E-state index contributed by atoms with van der Waals surface area (Å²) in [4.78, 5) is 4.59. The summed E-state index contributed by atoms with van der Waals surface area (Å²) in [6.45, 7) is 2.05. The van der Waals surface area contributed by atoms with E-state index in [1.54, 1.807) is 18.4 Å². The summed E-state index contributed by atoms with van der Waals surface area (Å²) in [7, 11) is 1.69. The van der Waals surface area contributed by atoms with Gasteiger partial charge in [-0.2, -0.15) is 0 Å². The van der Waals surface area contributed by atoms with E-state index in [1.165, 1.54) is 4.70 Å². The first-order chi connectivity index (χ1) is 9.76. The number of benzene rings is 2. The van der Waals surface area contributed by atoms with Gasteiger partial charge in [-0.1, -0.05) is 24.3 Å². The number of rotatable bonds is 3. The molecular weight excluding hydrogens is 266 g/mol. The van der Waals surface area contributed by atoms with Gasteiger partial charge in [0.25, 0.3) is 0 Å². The van der Waals surface area contributed by atoms with E-state index < -0.39 is 0 Å². The predicted molar refractivity (Wildman–Crippen MR) is 86.3 cm³/mol. The molecule has 0 radical (unpaired) electrons. The topological polar surface area (TPSA) is 22.1 Å². The summed E-state index contributed by atoms with van der Waals surface area (Å²) in [6.07, 6.45) is 4.15. The van der Waals surface area contributed by atoms with Crippen LogP contribution in [0.3, 0.4) is 0 Å². The van der Waals surface area contributed by atoms with E-state index in [0.717, 1.165) is 27.4 Å². The molecule has 0 spiro atoms. The maximum atomic E-state index is 5.27. The van der Waals surface area contributed by atoms with Crippen LogP contribution in [0, 0.1) is 6.92 Å². The molecule has 0 saturated carbocycles. The molecule has 2 aromatic carbocycles. The Morgan fingerprint density at radius 1 is 1.10 bits per heavy atom. The predicted octanol–water partition coefficient (Wildman–Crippen LogP) is 4.78. The first-order valence-electron chi connectivity index (χ1n) is 6.44. The fraction of sp³-hybridized carbons (Fsp3) is 0.118. The molecule has 0 fully saturated rings. The molecule has 0 aliphatic carbocycles. The van der Waals surface area contributed by atoms with Crippen LogP contribution in [0.5, 0.6) is 5.75 Å². The van der Waals surface area contributed by atoms with Gasteiger partial charge in [-0.25, -0.2) is 4.98 Å². The van der Waals surface area contributed by atoms with Crippen molar-refractivity contribution >= 4 is 33.7 Å². The van der Waals surface area contributed by atoms with Crippen LogP contribution >= 0.6 is 11.3 Å². The number of hydrogen-bond donors (Lipinski definition) is 0. The minimum absolute atomic E-state index is 0.919. The average Bonchev–Trinajstić information content (AvgIpc) is 2.88. The molecule has 1 heterocycles. The zero-order chi connectivity index (χ0) is 13.9. The van der Waals surface area contributed by atoms with Gasteiger partial charge < -0.3 is 4.74 Å². The molecule has 0 aliphatic rings. The first kappa shape index (κ1) is 12.9. The summed E-state index contributed by atoms with van der Waals surface area (Å²) < 4.78 is 6.49. The lowest BCUT2D eigenvalue weighted by atomic mass is 10.1. The van der Waals surface area contributed by atoms with Crippen molar-refractivity contribution in [2.24, 2.45) is 0 Å². The van der Waals surface area contributed by atoms with Crippen molar-refractivity contribution < 1.29 is 4.74 Å². The molecule has 3 rings (SSSR count). The standard InChI is InChI=1S/C17H15NOS/c1-12-11-13(7-9-15(12)19-2)8-10-17-18-14-5-3-4-6-16(14)20-17/h3-11H,1-2H3/b10-8+. The van der Waals surface area contributed by atoms with Crippen LogP contribution in [0.25, 0.3) is 22.4 Å². The molecule has 0 unspecified atom stereocenters. The molecule has 3 aromatic rings. The highest BCUT2D eigenvalue weighted by molar-refractivity contribution is 7.19. The Morgan fingerprint density at radius 3 is 2.70 bits per heavy atom. The summed E-state index contributed by atoms with van der Waals surface area (Å²) in [5, 5.41) is 1.03. The van der Waals surface area contributed by atoms with Gasteiger partial charge in [0.05, 0.1) is 17.3 Å². The van der Waals surface area contributed by atoms with E-state index in [-0.39, 0.29) is 0 Å². The van der Waals surface area contributed by atoms with E-state index in [0.29, 0.717) is 0 Å². The van der Waals surface area contributed by atoms with Crippen LogP contribution in [0.1, 0.15) is 16.1 Å². The first-order valence-corrected chi connectivity index (χ1v) is 7.26. The summed E-state index contributed by atoms with van der Waals surface area (Å²) in [6, 6.07) is 14.4. The van der Waals surface area contributed by atoms with Crippen LogP contribution < -0.4 is 4.74 Å². The van der Waals surface area contributed by atoms with Gasteiger partial charge >= 0.3 is 0 Å². The fourth-order valence-electron chi connectivity index (χ4n) is 2.13. The van der Waals surface area contributed by atoms with Crippen LogP contribution in [0.4, 0.5) is 0 Å². The molecule has 0 atom stereocenters. The highest BCUT2D eigenvalue weighted by atomic mass is 32.1. The van der Waals surface area contributed by atoms with Gasteiger partial charge in [0.15, 0.2) is 0 Å². The van der Waals surface area contributed by atoms with Crippen LogP contribution in [-0.2, 0) is 0 Å². The Kier molecular flexibility index (Phi) is 3.52. The second-order valence-electron chi connectivity index (χ2n) is 4.58. The zero-order valence-electron chi connectivity index (χ0n) is 11.5. The fourth-order valence-corrected chi connectivity index (χ4v) is 3.00. The summed E-state index contributed by atoms with van der Waals surface area (Å²) in [5.41, 5.74) is 3.35. The Morgan fingerprint density at radius 2 is 1.95 bits per heavy atom. The molecule has 0 bridgehead atoms. The van der Waals surface area contributed by atoms with E-state index >= 15 is 0 Å². The number of nitrogens with zero attached hydrogens (tertiary/aromatic N) is 1. The normalized spacial score (nSPS) is 11.3. The van der Waals surface area contributed by atoms with E-state index in [2.05, 4.69) is 35.3 Å². The maximum Gasteiger partial charge on any atom is 0.121 e. The third-order valence-corrected chi connectivity index (χ3v) is 4.15. The van der Waals surface area contributed by atoms with Crippen LogP contribution in [0.2, 0.25) is 0 Å². The zero-order valence-corrected chi connectivity index (χ0v) is 12.3. The summed E-state index contributed by atoms with van der Waals surface area (Å²) >= 11 is 1.71. The molecule has 2 nitrogen and oxygen atoms in total. The quantitative estimate of drug-likeness (QED) is 0.689. The summed E-state index contributed by atoms with van der Waals surface area (Å²) in [5.74, 6) is 0.919. The SMILES string of the molecule is COc1ccc(/C=C/c2nc3ccccc3s2)cc1C. The third-order valence-electron chi connectivity index (χ3n) is 3.15. The van der Waals surface area contributed by atoms with Crippen LogP contribution in [0.15, 0.2) is 42.5 Å². The molecule has 0 amide bonds. The van der Waals surface area contributed by atoms with Crippen molar-refractivity contribution in [3.63, 3.8) is 0 Å². The van der Waals surface area contributed by atoms with Crippen molar-refractivity contribution in [1.29, 1.82) is 0 Å². The molecule has 1 aromatic heterocycles. The largest absolute Gasteiger partial charge is 0.496 e. The lowest BCUT2D eigenvalue weighted by Gasteiger charge is -2.04. The number of hydrogen-bond acceptors (Lipinski definition) is 3. The second kappa shape index (κ2) is 5.47. The number of aryl methyl sites for hydroxylation is 1. The van der Waals surface area contributed by atoms with Gasteiger partial charge in [-0.3, -0.25) is 0 Å². The van der Waals surface area contributed by atoms with Crippen molar-refractivity contribution in [3.05, 3.63) is 58.6 Å². The lowest BCUT2D eigenvalue weighted by Crippen LogP contribution is -1.86. The minimum Gasteiger partial charge on any atom is -0.496 e. The second-order valence-corrected chi connectivity index (χ2v) is 5.64. The smallest absolute Gasteiger partial charge is 0.121 e. The maximum absolute atomic E-state index is 5.27. The van der Waals surface area contributed by atoms with E-state index in [4.69, 9.17) is 4.74 Å². The number of fused-ring (bicyclic) bond motifs is 1. The van der Waals surface area contributed by atoms with E-state index in [1.807, 2.05) is 31.2 Å². The molecule has 0 aliphatic heterocycles. The Bertz CT molecular complexity index is 741. The van der Waals surface area contributed by atoms with Crippen molar-refractivity contribution in [1.82, 2.24) is 4.98 Å². The Balaban J connectivity index is 1.88. The molecule has 0 saturated heterocycles. The Hall–Kier alpha value is -2.13. The van der Waals surface area contributed by atoms with Crippen molar-refractivity contribution in [2.45, 2.75) is 6.92 Å².